The van der Waals surface area contributed by atoms with Gasteiger partial charge in [0.05, 0.1) is 31.5 Å². The Morgan fingerprint density at radius 3 is 1.07 bits per heavy atom. The number of carbonyl (C=O) groups is 2. The molecule has 8 heteroatoms. The van der Waals surface area contributed by atoms with Crippen LogP contribution in [0.5, 0.6) is 23.0 Å². The maximum Gasteiger partial charge on any atom is 0.343 e. The van der Waals surface area contributed by atoms with E-state index in [4.69, 9.17) is 18.9 Å². The summed E-state index contributed by atoms with van der Waals surface area (Å²) >= 11 is 4.67. The van der Waals surface area contributed by atoms with Gasteiger partial charge in [-0.2, -0.15) is 0 Å². The molecule has 0 aromatic heterocycles. The molecule has 0 aliphatic heterocycles. The molecule has 362 valence electrons. The number of rotatable bonds is 32. The molecule has 0 bridgehead atoms. The van der Waals surface area contributed by atoms with Crippen molar-refractivity contribution in [2.75, 3.05) is 13.2 Å². The van der Waals surface area contributed by atoms with Gasteiger partial charge in [0.2, 0.25) is 0 Å². The predicted molar refractivity (Wildman–Crippen MR) is 300 cm³/mol. The molecule has 5 aromatic rings. The molecule has 0 aliphatic carbocycles. The van der Waals surface area contributed by atoms with E-state index in [9.17, 15) is 9.59 Å². The van der Waals surface area contributed by atoms with Crippen LogP contribution in [0.3, 0.4) is 0 Å². The van der Waals surface area contributed by atoms with E-state index in [-0.39, 0.29) is 11.5 Å². The van der Waals surface area contributed by atoms with E-state index in [1.165, 1.54) is 122 Å². The third-order valence-electron chi connectivity index (χ3n) is 11.9. The van der Waals surface area contributed by atoms with Crippen LogP contribution < -0.4 is 18.9 Å². The standard InChI is InChI=1S/C60H72I2O6/c1-3-5-7-9-11-13-15-17-19-21-42-65-57-40-34-49(44-55(57)61)28-26-47-30-36-51(37-31-47)59(63)67-53-24-23-25-54(46-53)68-60(64)52-38-32-48(33-39-52)27-29-50-35-41-58(56(62)45-50)66-43-22-20-18-16-14-12-10-8-6-4-2/h23-41,44-46H,3-22,42-43H2,1-2H3/b28-26+,29-27+. The Balaban J connectivity index is 0.997. The van der Waals surface area contributed by atoms with Gasteiger partial charge in [-0.3, -0.25) is 0 Å². The van der Waals surface area contributed by atoms with Gasteiger partial charge in [-0.05, 0) is 141 Å². The van der Waals surface area contributed by atoms with Gasteiger partial charge in [0.1, 0.15) is 23.0 Å². The lowest BCUT2D eigenvalue weighted by molar-refractivity contribution is 0.0732. The van der Waals surface area contributed by atoms with Crippen molar-refractivity contribution in [3.05, 3.63) is 150 Å². The van der Waals surface area contributed by atoms with E-state index in [0.717, 1.165) is 66.9 Å². The summed E-state index contributed by atoms with van der Waals surface area (Å²) < 4.78 is 25.7. The third kappa shape index (κ3) is 21.1. The molecule has 6 nitrogen and oxygen atoms in total. The summed E-state index contributed by atoms with van der Waals surface area (Å²) in [6.45, 7) is 6.03. The second-order valence-corrected chi connectivity index (χ2v) is 19.9. The van der Waals surface area contributed by atoms with Crippen LogP contribution in [-0.4, -0.2) is 25.2 Å². The average Bonchev–Trinajstić information content (AvgIpc) is 3.35. The number of carbonyl (C=O) groups excluding carboxylic acids is 2. The highest BCUT2D eigenvalue weighted by atomic mass is 127. The number of unbranched alkanes of at least 4 members (excludes halogenated alkanes) is 18. The zero-order chi connectivity index (χ0) is 48.0. The quantitative estimate of drug-likeness (QED) is 0.0140. The summed E-state index contributed by atoms with van der Waals surface area (Å²) in [7, 11) is 0. The molecule has 0 unspecified atom stereocenters. The Morgan fingerprint density at radius 1 is 0.397 bits per heavy atom. The molecule has 0 heterocycles. The summed E-state index contributed by atoms with van der Waals surface area (Å²) in [5.41, 5.74) is 4.87. The fourth-order valence-electron chi connectivity index (χ4n) is 7.80. The van der Waals surface area contributed by atoms with Crippen LogP contribution >= 0.6 is 45.2 Å². The monoisotopic (exact) mass is 1140 g/mol. The molecule has 0 spiro atoms. The van der Waals surface area contributed by atoms with E-state index in [2.05, 4.69) is 95.4 Å². The SMILES string of the molecule is CCCCCCCCCCCCOc1ccc(/C=C/c2ccc(C(=O)Oc3cccc(OC(=O)c4ccc(/C=C/c5ccc(OCCCCCCCCCCCC)c(I)c5)cc4)c3)cc2)cc1I. The maximum absolute atomic E-state index is 13.1. The van der Waals surface area contributed by atoms with Crippen molar-refractivity contribution in [2.45, 2.75) is 142 Å². The number of esters is 2. The molecule has 0 saturated heterocycles. The van der Waals surface area contributed by atoms with Crippen molar-refractivity contribution in [2.24, 2.45) is 0 Å². The Hall–Kier alpha value is -4.42. The lowest BCUT2D eigenvalue weighted by Gasteiger charge is -2.09. The lowest BCUT2D eigenvalue weighted by atomic mass is 10.1. The minimum atomic E-state index is -0.505. The fraction of sp³-hybridized carbons (Fsp3) is 0.400. The molecule has 5 rings (SSSR count). The van der Waals surface area contributed by atoms with E-state index < -0.39 is 11.9 Å². The van der Waals surface area contributed by atoms with Gasteiger partial charge >= 0.3 is 11.9 Å². The Morgan fingerprint density at radius 2 is 0.721 bits per heavy atom. The molecule has 5 aromatic carbocycles. The smallest absolute Gasteiger partial charge is 0.343 e. The highest BCUT2D eigenvalue weighted by Gasteiger charge is 2.13. The molecule has 0 saturated carbocycles. The molecule has 0 radical (unpaired) electrons. The molecule has 0 amide bonds. The van der Waals surface area contributed by atoms with E-state index in [1.807, 2.05) is 48.6 Å². The molecule has 68 heavy (non-hydrogen) atoms. The molecular formula is C60H72I2O6. The highest BCUT2D eigenvalue weighted by Crippen LogP contribution is 2.27. The first-order valence-electron chi connectivity index (χ1n) is 25.3. The topological polar surface area (TPSA) is 71.1 Å². The van der Waals surface area contributed by atoms with Crippen LogP contribution in [0.25, 0.3) is 24.3 Å². The molecule has 0 fully saturated rings. The molecule has 0 N–H and O–H groups in total. The van der Waals surface area contributed by atoms with Gasteiger partial charge in [0, 0.05) is 6.07 Å². The first-order chi connectivity index (χ1) is 33.3. The lowest BCUT2D eigenvalue weighted by Crippen LogP contribution is -2.10. The maximum atomic E-state index is 13.1. The van der Waals surface area contributed by atoms with Crippen LogP contribution in [0.15, 0.2) is 109 Å². The number of halogens is 2. The van der Waals surface area contributed by atoms with Crippen LogP contribution in [0.4, 0.5) is 0 Å². The molecule has 0 aliphatic rings. The minimum Gasteiger partial charge on any atom is -0.492 e. The third-order valence-corrected chi connectivity index (χ3v) is 13.6. The number of ether oxygens (including phenoxy) is 4. The van der Waals surface area contributed by atoms with Crippen LogP contribution in [0.2, 0.25) is 0 Å². The number of hydrogen-bond donors (Lipinski definition) is 0. The summed E-state index contributed by atoms with van der Waals surface area (Å²) in [5.74, 6) is 1.39. The van der Waals surface area contributed by atoms with Crippen molar-refractivity contribution in [1.82, 2.24) is 0 Å². The van der Waals surface area contributed by atoms with Gasteiger partial charge in [-0.25, -0.2) is 9.59 Å². The fourth-order valence-corrected chi connectivity index (χ4v) is 9.19. The minimum absolute atomic E-state index is 0.277. The second-order valence-electron chi connectivity index (χ2n) is 17.6. The van der Waals surface area contributed by atoms with Crippen molar-refractivity contribution in [3.63, 3.8) is 0 Å². The van der Waals surface area contributed by atoms with Gasteiger partial charge in [0.25, 0.3) is 0 Å². The zero-order valence-electron chi connectivity index (χ0n) is 40.5. The van der Waals surface area contributed by atoms with Crippen LogP contribution in [0.1, 0.15) is 185 Å². The highest BCUT2D eigenvalue weighted by molar-refractivity contribution is 14.1. The van der Waals surface area contributed by atoms with Gasteiger partial charge in [-0.1, -0.05) is 196 Å². The molecule has 0 atom stereocenters. The van der Waals surface area contributed by atoms with Crippen molar-refractivity contribution in [3.8, 4) is 23.0 Å². The summed E-state index contributed by atoms with van der Waals surface area (Å²) in [6, 6.07) is 33.5. The zero-order valence-corrected chi connectivity index (χ0v) is 44.8. The predicted octanol–water partition coefficient (Wildman–Crippen LogP) is 18.3. The van der Waals surface area contributed by atoms with Crippen molar-refractivity contribution < 1.29 is 28.5 Å². The van der Waals surface area contributed by atoms with Gasteiger partial charge in [-0.15, -0.1) is 0 Å². The largest absolute Gasteiger partial charge is 0.492 e. The number of hydrogen-bond acceptors (Lipinski definition) is 6. The second kappa shape index (κ2) is 32.4. The van der Waals surface area contributed by atoms with Crippen molar-refractivity contribution >= 4 is 81.4 Å². The number of benzene rings is 5. The Bertz CT molecular complexity index is 2140. The molecular weight excluding hydrogens is 1070 g/mol. The van der Waals surface area contributed by atoms with E-state index in [1.54, 1.807) is 42.5 Å². The first kappa shape index (κ1) is 54.5. The van der Waals surface area contributed by atoms with Gasteiger partial charge < -0.3 is 18.9 Å². The first-order valence-corrected chi connectivity index (χ1v) is 27.4. The Kier molecular flexibility index (Phi) is 26.0. The van der Waals surface area contributed by atoms with E-state index >= 15 is 0 Å². The summed E-state index contributed by atoms with van der Waals surface area (Å²) in [6.07, 6.45) is 34.3. The van der Waals surface area contributed by atoms with Crippen LogP contribution in [-0.2, 0) is 0 Å². The Labute approximate surface area is 435 Å². The normalized spacial score (nSPS) is 11.4. The van der Waals surface area contributed by atoms with Crippen molar-refractivity contribution in [1.29, 1.82) is 0 Å². The van der Waals surface area contributed by atoms with Crippen LogP contribution in [0, 0.1) is 7.14 Å². The van der Waals surface area contributed by atoms with Gasteiger partial charge in [0.15, 0.2) is 0 Å². The summed E-state index contributed by atoms with van der Waals surface area (Å²) in [4.78, 5) is 26.1. The summed E-state index contributed by atoms with van der Waals surface area (Å²) in [5, 5.41) is 0. The van der Waals surface area contributed by atoms with E-state index in [0.29, 0.717) is 11.1 Å². The average molecular weight is 1140 g/mol.